The van der Waals surface area contributed by atoms with Crippen LogP contribution in [0.3, 0.4) is 0 Å². The van der Waals surface area contributed by atoms with Gasteiger partial charge < -0.3 is 14.4 Å². The summed E-state index contributed by atoms with van der Waals surface area (Å²) in [7, 11) is 0. The fraction of sp³-hybridized carbons (Fsp3) is 0.583. The first-order valence-electron chi connectivity index (χ1n) is 11.0. The van der Waals surface area contributed by atoms with Crippen molar-refractivity contribution in [3.05, 3.63) is 36.2 Å². The average molecular weight is 401 g/mol. The van der Waals surface area contributed by atoms with Crippen molar-refractivity contribution < 1.29 is 14.3 Å². The van der Waals surface area contributed by atoms with E-state index in [0.29, 0.717) is 19.4 Å². The first-order valence-corrected chi connectivity index (χ1v) is 11.0. The van der Waals surface area contributed by atoms with Crippen LogP contribution in [-0.2, 0) is 9.53 Å². The number of carbonyl (C=O) groups excluding carboxylic acids is 1. The number of carbonyl (C=O) groups is 1. The molecule has 160 valence electrons. The number of anilines is 1. The molecule has 0 spiro atoms. The van der Waals surface area contributed by atoms with E-state index in [2.05, 4.69) is 35.9 Å². The molecule has 1 aromatic carbocycles. The molecule has 29 heavy (non-hydrogen) atoms. The highest BCUT2D eigenvalue weighted by Gasteiger charge is 2.15. The molecule has 0 radical (unpaired) electrons. The van der Waals surface area contributed by atoms with Gasteiger partial charge in [0.1, 0.15) is 11.9 Å². The van der Waals surface area contributed by atoms with Gasteiger partial charge in [0.15, 0.2) is 0 Å². The van der Waals surface area contributed by atoms with E-state index in [9.17, 15) is 4.79 Å². The summed E-state index contributed by atoms with van der Waals surface area (Å²) in [6.07, 6.45) is 11.5. The summed E-state index contributed by atoms with van der Waals surface area (Å²) in [5.41, 5.74) is 1.99. The Morgan fingerprint density at radius 3 is 2.79 bits per heavy atom. The first kappa shape index (κ1) is 23.0. The van der Waals surface area contributed by atoms with Gasteiger partial charge in [-0.1, -0.05) is 45.6 Å². The summed E-state index contributed by atoms with van der Waals surface area (Å²) < 4.78 is 11.4. The molecule has 0 aliphatic carbocycles. The molecule has 1 unspecified atom stereocenters. The minimum Gasteiger partial charge on any atom is -0.494 e. The molecule has 5 heteroatoms. The van der Waals surface area contributed by atoms with E-state index in [1.165, 1.54) is 19.3 Å². The van der Waals surface area contributed by atoms with Crippen molar-refractivity contribution >= 4 is 17.9 Å². The summed E-state index contributed by atoms with van der Waals surface area (Å²) in [4.78, 5) is 18.5. The maximum Gasteiger partial charge on any atom is 0.306 e. The van der Waals surface area contributed by atoms with Crippen molar-refractivity contribution in [1.29, 1.82) is 0 Å². The summed E-state index contributed by atoms with van der Waals surface area (Å²) in [5, 5.41) is 0. The van der Waals surface area contributed by atoms with E-state index in [1.54, 1.807) is 0 Å². The lowest BCUT2D eigenvalue weighted by Gasteiger charge is -2.24. The summed E-state index contributed by atoms with van der Waals surface area (Å²) in [6.45, 7) is 7.68. The van der Waals surface area contributed by atoms with Gasteiger partial charge in [-0.15, -0.1) is 0 Å². The molecular weight excluding hydrogens is 364 g/mol. The van der Waals surface area contributed by atoms with Gasteiger partial charge in [-0.2, -0.15) is 0 Å². The van der Waals surface area contributed by atoms with Gasteiger partial charge in [-0.05, 0) is 31.9 Å². The number of rotatable bonds is 13. The van der Waals surface area contributed by atoms with Crippen LogP contribution in [0, 0.1) is 0 Å². The van der Waals surface area contributed by atoms with Gasteiger partial charge in [0.25, 0.3) is 0 Å². The topological polar surface area (TPSA) is 51.1 Å². The SMILES string of the molecule is CCCCCCOc1cccc(N2C=C(CC(C)OC(=O)CCCC)N=CC2)c1. The monoisotopic (exact) mass is 400 g/mol. The van der Waals surface area contributed by atoms with Crippen molar-refractivity contribution in [1.82, 2.24) is 0 Å². The zero-order valence-corrected chi connectivity index (χ0v) is 18.2. The zero-order chi connectivity index (χ0) is 20.9. The molecule has 1 aliphatic rings. The Labute approximate surface area is 175 Å². The van der Waals surface area contributed by atoms with E-state index < -0.39 is 0 Å². The van der Waals surface area contributed by atoms with Crippen LogP contribution in [0.5, 0.6) is 5.75 Å². The minimum atomic E-state index is -0.180. The standard InChI is InChI=1S/C24H36N2O3/c1-4-6-8-9-16-28-23-12-10-11-22(18-23)26-15-14-25-21(19-26)17-20(3)29-24(27)13-7-5-2/h10-12,14,18-20H,4-9,13,15-17H2,1-3H3. The summed E-state index contributed by atoms with van der Waals surface area (Å²) in [6, 6.07) is 8.17. The molecular formula is C24H36N2O3. The Balaban J connectivity index is 1.89. The molecule has 2 rings (SSSR count). The van der Waals surface area contributed by atoms with Crippen LogP contribution < -0.4 is 9.64 Å². The maximum atomic E-state index is 11.8. The molecule has 0 amide bonds. The van der Waals surface area contributed by atoms with Crippen LogP contribution in [0.25, 0.3) is 0 Å². The molecule has 1 heterocycles. The maximum absolute atomic E-state index is 11.8. The Morgan fingerprint density at radius 1 is 1.17 bits per heavy atom. The number of ether oxygens (including phenoxy) is 2. The zero-order valence-electron chi connectivity index (χ0n) is 18.2. The van der Waals surface area contributed by atoms with Crippen LogP contribution in [0.15, 0.2) is 41.2 Å². The molecule has 1 atom stereocenters. The largest absolute Gasteiger partial charge is 0.494 e. The second kappa shape index (κ2) is 13.0. The molecule has 0 N–H and O–H groups in total. The van der Waals surface area contributed by atoms with E-state index in [4.69, 9.17) is 9.47 Å². The van der Waals surface area contributed by atoms with Crippen molar-refractivity contribution in [2.75, 3.05) is 18.1 Å². The molecule has 0 bridgehead atoms. The van der Waals surface area contributed by atoms with Crippen molar-refractivity contribution in [2.24, 2.45) is 4.99 Å². The van der Waals surface area contributed by atoms with Crippen molar-refractivity contribution in [3.8, 4) is 5.75 Å². The third-order valence-electron chi connectivity index (χ3n) is 4.82. The van der Waals surface area contributed by atoms with E-state index >= 15 is 0 Å². The number of nitrogens with zero attached hydrogens (tertiary/aromatic N) is 2. The summed E-state index contributed by atoms with van der Waals surface area (Å²) in [5.74, 6) is 0.773. The molecule has 0 saturated heterocycles. The normalized spacial score (nSPS) is 14.4. The van der Waals surface area contributed by atoms with Crippen LogP contribution >= 0.6 is 0 Å². The molecule has 5 nitrogen and oxygen atoms in total. The van der Waals surface area contributed by atoms with E-state index in [-0.39, 0.29) is 12.1 Å². The number of esters is 1. The Morgan fingerprint density at radius 2 is 2.00 bits per heavy atom. The third-order valence-corrected chi connectivity index (χ3v) is 4.82. The molecule has 0 saturated carbocycles. The predicted octanol–water partition coefficient (Wildman–Crippen LogP) is 5.89. The summed E-state index contributed by atoms with van der Waals surface area (Å²) >= 11 is 0. The van der Waals surface area contributed by atoms with Gasteiger partial charge in [0.2, 0.25) is 0 Å². The highest BCUT2D eigenvalue weighted by atomic mass is 16.5. The predicted molar refractivity (Wildman–Crippen MR) is 120 cm³/mol. The van der Waals surface area contributed by atoms with Gasteiger partial charge in [0.05, 0.1) is 18.8 Å². The van der Waals surface area contributed by atoms with Crippen LogP contribution in [0.1, 0.15) is 72.1 Å². The van der Waals surface area contributed by atoms with Gasteiger partial charge >= 0.3 is 5.97 Å². The third kappa shape index (κ3) is 8.71. The molecule has 0 aromatic heterocycles. The van der Waals surface area contributed by atoms with E-state index in [0.717, 1.165) is 43.0 Å². The van der Waals surface area contributed by atoms with Crippen molar-refractivity contribution in [2.45, 2.75) is 78.2 Å². The number of hydrogen-bond donors (Lipinski definition) is 0. The lowest BCUT2D eigenvalue weighted by Crippen LogP contribution is -2.23. The average Bonchev–Trinajstić information content (AvgIpc) is 2.72. The molecule has 1 aliphatic heterocycles. The highest BCUT2D eigenvalue weighted by Crippen LogP contribution is 2.24. The Bertz CT molecular complexity index is 684. The quantitative estimate of drug-likeness (QED) is 0.306. The van der Waals surface area contributed by atoms with Gasteiger partial charge in [-0.3, -0.25) is 9.79 Å². The fourth-order valence-electron chi connectivity index (χ4n) is 3.21. The number of aliphatic imine (C=N–C) groups is 1. The molecule has 1 aromatic rings. The number of hydrogen-bond acceptors (Lipinski definition) is 5. The van der Waals surface area contributed by atoms with Crippen LogP contribution in [-0.4, -0.2) is 31.4 Å². The smallest absolute Gasteiger partial charge is 0.306 e. The second-order valence-corrected chi connectivity index (χ2v) is 7.60. The van der Waals surface area contributed by atoms with Crippen molar-refractivity contribution in [3.63, 3.8) is 0 Å². The van der Waals surface area contributed by atoms with Gasteiger partial charge in [-0.25, -0.2) is 0 Å². The number of unbranched alkanes of at least 4 members (excludes halogenated alkanes) is 4. The molecule has 0 fully saturated rings. The van der Waals surface area contributed by atoms with Crippen LogP contribution in [0.2, 0.25) is 0 Å². The number of benzene rings is 1. The Hall–Kier alpha value is -2.30. The second-order valence-electron chi connectivity index (χ2n) is 7.60. The first-order chi connectivity index (χ1) is 14.1. The highest BCUT2D eigenvalue weighted by molar-refractivity contribution is 5.71. The lowest BCUT2D eigenvalue weighted by atomic mass is 10.2. The van der Waals surface area contributed by atoms with E-state index in [1.807, 2.05) is 31.5 Å². The van der Waals surface area contributed by atoms with Gasteiger partial charge in [0, 0.05) is 37.0 Å². The Kier molecular flexibility index (Phi) is 10.3. The lowest BCUT2D eigenvalue weighted by molar-refractivity contribution is -0.148. The van der Waals surface area contributed by atoms with Crippen LogP contribution in [0.4, 0.5) is 5.69 Å². The minimum absolute atomic E-state index is 0.125. The fourth-order valence-corrected chi connectivity index (χ4v) is 3.21.